The highest BCUT2D eigenvalue weighted by atomic mass is 16.5. The number of carbonyl (C=O) groups excluding carboxylic acids is 2. The molecule has 172 valence electrons. The fourth-order valence-corrected chi connectivity index (χ4v) is 5.31. The zero-order valence-corrected chi connectivity index (χ0v) is 19.4. The summed E-state index contributed by atoms with van der Waals surface area (Å²) in [6.07, 6.45) is 9.33. The van der Waals surface area contributed by atoms with E-state index >= 15 is 0 Å². The number of aliphatic imine (C=N–C) groups is 1. The molecule has 2 atom stereocenters. The minimum Gasteiger partial charge on any atom is -0.493 e. The van der Waals surface area contributed by atoms with Gasteiger partial charge in [-0.15, -0.1) is 0 Å². The van der Waals surface area contributed by atoms with Crippen molar-refractivity contribution in [3.8, 4) is 5.75 Å². The first kappa shape index (κ1) is 22.8. The van der Waals surface area contributed by atoms with Gasteiger partial charge in [-0.25, -0.2) is 4.79 Å². The number of ketones is 1. The van der Waals surface area contributed by atoms with E-state index in [9.17, 15) is 9.59 Å². The normalized spacial score (nSPS) is 24.1. The van der Waals surface area contributed by atoms with Crippen LogP contribution in [0.1, 0.15) is 89.5 Å². The highest BCUT2D eigenvalue weighted by Crippen LogP contribution is 2.46. The Morgan fingerprint density at radius 3 is 2.62 bits per heavy atom. The third-order valence-electron chi connectivity index (χ3n) is 6.96. The number of ether oxygens (including phenoxy) is 2. The van der Waals surface area contributed by atoms with E-state index in [0.717, 1.165) is 68.4 Å². The zero-order valence-electron chi connectivity index (χ0n) is 19.4. The number of unbranched alkanes of at least 4 members (excludes halogenated alkanes) is 1. The first-order valence-electron chi connectivity index (χ1n) is 12.3. The first-order chi connectivity index (χ1) is 15.6. The quantitative estimate of drug-likeness (QED) is 0.392. The second kappa shape index (κ2) is 10.5. The molecule has 1 aromatic rings. The number of nitrogens with zero attached hydrogens (tertiary/aromatic N) is 1. The Labute approximate surface area is 191 Å². The fraction of sp³-hybridized carbons (Fsp3) is 0.593. The number of fused-ring (bicyclic) bond motifs is 1. The molecule has 1 aliphatic heterocycles. The van der Waals surface area contributed by atoms with Gasteiger partial charge in [-0.3, -0.25) is 9.79 Å². The molecule has 0 spiro atoms. The van der Waals surface area contributed by atoms with Crippen LogP contribution >= 0.6 is 0 Å². The number of allylic oxidation sites excluding steroid dienone is 1. The summed E-state index contributed by atoms with van der Waals surface area (Å²) in [6.45, 7) is 4.63. The minimum atomic E-state index is -0.405. The van der Waals surface area contributed by atoms with Crippen LogP contribution in [0.25, 0.3) is 0 Å². The Bertz CT molecular complexity index is 910. The number of Topliss-reactive ketones (excluding diaryl/α,β-unsaturated/α-hetero) is 1. The lowest BCUT2D eigenvalue weighted by Gasteiger charge is -2.36. The van der Waals surface area contributed by atoms with Crippen LogP contribution in [0.5, 0.6) is 5.75 Å². The van der Waals surface area contributed by atoms with Crippen LogP contribution in [0.15, 0.2) is 40.5 Å². The van der Waals surface area contributed by atoms with Crippen LogP contribution < -0.4 is 4.74 Å². The number of esters is 1. The van der Waals surface area contributed by atoms with Crippen molar-refractivity contribution in [2.45, 2.75) is 90.1 Å². The molecule has 0 aromatic heterocycles. The van der Waals surface area contributed by atoms with Gasteiger partial charge in [0.15, 0.2) is 0 Å². The second-order valence-electron chi connectivity index (χ2n) is 9.28. The number of carbonyl (C=O) groups is 2. The fourth-order valence-electron chi connectivity index (χ4n) is 5.31. The van der Waals surface area contributed by atoms with Crippen molar-refractivity contribution in [2.24, 2.45) is 10.9 Å². The van der Waals surface area contributed by atoms with Crippen molar-refractivity contribution in [1.29, 1.82) is 0 Å². The molecule has 1 aromatic carbocycles. The minimum absolute atomic E-state index is 0.0410. The molecule has 4 rings (SSSR count). The number of benzene rings is 1. The van der Waals surface area contributed by atoms with Crippen LogP contribution in [0.3, 0.4) is 0 Å². The summed E-state index contributed by atoms with van der Waals surface area (Å²) in [5.41, 5.74) is 3.01. The number of hydrogen-bond acceptors (Lipinski definition) is 5. The van der Waals surface area contributed by atoms with Gasteiger partial charge < -0.3 is 9.47 Å². The van der Waals surface area contributed by atoms with Crippen LogP contribution in [0.4, 0.5) is 0 Å². The van der Waals surface area contributed by atoms with Crippen LogP contribution in [0, 0.1) is 5.92 Å². The summed E-state index contributed by atoms with van der Waals surface area (Å²) in [5, 5.41) is 0. The standard InChI is InChI=1S/C27H35NO4/c1-3-4-17-31-23-16-9-8-13-20(23)25-24(27(30)32-19-11-6-5-7-12-19)18(2)28-21-14-10-15-22(29)26(21)25/h8-9,13,16,19,25-26H,3-7,10-12,14-15,17H2,1-2H3/t25-,26?/m1/s1. The van der Waals surface area contributed by atoms with E-state index in [-0.39, 0.29) is 17.9 Å². The van der Waals surface area contributed by atoms with E-state index in [2.05, 4.69) is 6.92 Å². The van der Waals surface area contributed by atoms with Gasteiger partial charge in [-0.2, -0.15) is 0 Å². The molecule has 2 aliphatic carbocycles. The Kier molecular flexibility index (Phi) is 7.44. The van der Waals surface area contributed by atoms with Gasteiger partial charge in [0, 0.05) is 29.3 Å². The summed E-state index contributed by atoms with van der Waals surface area (Å²) >= 11 is 0. The van der Waals surface area contributed by atoms with Crippen molar-refractivity contribution < 1.29 is 19.1 Å². The van der Waals surface area contributed by atoms with Crippen LogP contribution in [-0.2, 0) is 14.3 Å². The van der Waals surface area contributed by atoms with E-state index in [1.165, 1.54) is 6.42 Å². The smallest absolute Gasteiger partial charge is 0.336 e. The van der Waals surface area contributed by atoms with Crippen molar-refractivity contribution >= 4 is 17.5 Å². The maximum atomic E-state index is 13.5. The van der Waals surface area contributed by atoms with Crippen molar-refractivity contribution in [1.82, 2.24) is 0 Å². The lowest BCUT2D eigenvalue weighted by atomic mass is 9.69. The summed E-state index contributed by atoms with van der Waals surface area (Å²) < 4.78 is 12.1. The zero-order chi connectivity index (χ0) is 22.5. The van der Waals surface area contributed by atoms with Gasteiger partial charge in [0.2, 0.25) is 0 Å². The van der Waals surface area contributed by atoms with Crippen molar-refractivity contribution in [2.75, 3.05) is 6.61 Å². The second-order valence-corrected chi connectivity index (χ2v) is 9.28. The number of rotatable bonds is 7. The topological polar surface area (TPSA) is 65.0 Å². The molecule has 5 nitrogen and oxygen atoms in total. The Balaban J connectivity index is 1.73. The summed E-state index contributed by atoms with van der Waals surface area (Å²) in [5.74, 6) is -0.203. The van der Waals surface area contributed by atoms with E-state index in [0.29, 0.717) is 24.3 Å². The largest absolute Gasteiger partial charge is 0.493 e. The summed E-state index contributed by atoms with van der Waals surface area (Å²) in [7, 11) is 0. The predicted molar refractivity (Wildman–Crippen MR) is 125 cm³/mol. The molecule has 3 aliphatic rings. The van der Waals surface area contributed by atoms with E-state index in [4.69, 9.17) is 14.5 Å². The van der Waals surface area contributed by atoms with E-state index in [1.54, 1.807) is 0 Å². The highest BCUT2D eigenvalue weighted by molar-refractivity contribution is 6.11. The summed E-state index contributed by atoms with van der Waals surface area (Å²) in [4.78, 5) is 31.4. The van der Waals surface area contributed by atoms with Crippen molar-refractivity contribution in [3.05, 3.63) is 41.1 Å². The molecule has 0 bridgehead atoms. The molecule has 0 amide bonds. The predicted octanol–water partition coefficient (Wildman–Crippen LogP) is 5.92. The molecule has 1 unspecified atom stereocenters. The Morgan fingerprint density at radius 2 is 1.84 bits per heavy atom. The van der Waals surface area contributed by atoms with Crippen LogP contribution in [-0.4, -0.2) is 30.2 Å². The van der Waals surface area contributed by atoms with E-state index in [1.807, 2.05) is 31.2 Å². The lowest BCUT2D eigenvalue weighted by molar-refractivity contribution is -0.146. The molecule has 0 saturated heterocycles. The molecule has 0 N–H and O–H groups in total. The molecule has 1 heterocycles. The maximum absolute atomic E-state index is 13.5. The Hall–Kier alpha value is -2.43. The van der Waals surface area contributed by atoms with Gasteiger partial charge in [-0.1, -0.05) is 38.0 Å². The number of para-hydroxylation sites is 1. The Morgan fingerprint density at radius 1 is 1.06 bits per heavy atom. The molecule has 0 radical (unpaired) electrons. The average molecular weight is 438 g/mol. The first-order valence-corrected chi connectivity index (χ1v) is 12.3. The van der Waals surface area contributed by atoms with Crippen LogP contribution in [0.2, 0.25) is 0 Å². The molecule has 2 saturated carbocycles. The molecule has 2 fully saturated rings. The molecular weight excluding hydrogens is 402 g/mol. The average Bonchev–Trinajstić information content (AvgIpc) is 2.79. The summed E-state index contributed by atoms with van der Waals surface area (Å²) in [6, 6.07) is 7.85. The van der Waals surface area contributed by atoms with E-state index < -0.39 is 11.8 Å². The third-order valence-corrected chi connectivity index (χ3v) is 6.96. The van der Waals surface area contributed by atoms with Gasteiger partial charge in [0.25, 0.3) is 0 Å². The van der Waals surface area contributed by atoms with Gasteiger partial charge in [0.05, 0.1) is 18.1 Å². The van der Waals surface area contributed by atoms with Gasteiger partial charge >= 0.3 is 5.97 Å². The third kappa shape index (κ3) is 4.82. The SMILES string of the molecule is CCCCOc1ccccc1[C@@H]1C(C(=O)OC2CCCCC2)=C(C)N=C2CCCC(=O)C21. The monoisotopic (exact) mass is 437 g/mol. The number of hydrogen-bond donors (Lipinski definition) is 0. The van der Waals surface area contributed by atoms with Crippen molar-refractivity contribution in [3.63, 3.8) is 0 Å². The lowest BCUT2D eigenvalue weighted by Crippen LogP contribution is -2.39. The highest BCUT2D eigenvalue weighted by Gasteiger charge is 2.45. The molecular formula is C27H35NO4. The van der Waals surface area contributed by atoms with Gasteiger partial charge in [-0.05, 0) is 57.9 Å². The van der Waals surface area contributed by atoms with Gasteiger partial charge in [0.1, 0.15) is 17.6 Å². The maximum Gasteiger partial charge on any atom is 0.336 e. The molecule has 32 heavy (non-hydrogen) atoms. The molecule has 5 heteroatoms.